The van der Waals surface area contributed by atoms with Crippen LogP contribution in [0.3, 0.4) is 0 Å². The van der Waals surface area contributed by atoms with Gasteiger partial charge in [0.2, 0.25) is 0 Å². The summed E-state index contributed by atoms with van der Waals surface area (Å²) in [5.41, 5.74) is 5.10. The molecule has 0 radical (unpaired) electrons. The average Bonchev–Trinajstić information content (AvgIpc) is 2.99. The second-order valence-electron chi connectivity index (χ2n) is 4.53. The zero-order chi connectivity index (χ0) is 13.2. The number of rotatable bonds is 2. The molecule has 19 heavy (non-hydrogen) atoms. The maximum atomic E-state index is 11.6. The minimum atomic E-state index is -0.306. The number of hydrogen-bond acceptors (Lipinski definition) is 3. The first-order valence-corrected chi connectivity index (χ1v) is 6.24. The SMILES string of the molecule is COC(=O)c1ccc2c(c1)C(c1ccoc1)=CCC2. The van der Waals surface area contributed by atoms with Crippen molar-refractivity contribution >= 4 is 11.5 Å². The number of esters is 1. The number of carbonyl (C=O) groups is 1. The quantitative estimate of drug-likeness (QED) is 0.770. The van der Waals surface area contributed by atoms with Crippen molar-refractivity contribution in [2.24, 2.45) is 0 Å². The second kappa shape index (κ2) is 4.76. The summed E-state index contributed by atoms with van der Waals surface area (Å²) in [5, 5.41) is 0. The number of hydrogen-bond donors (Lipinski definition) is 0. The predicted molar refractivity (Wildman–Crippen MR) is 71.9 cm³/mol. The van der Waals surface area contributed by atoms with Crippen molar-refractivity contribution in [1.29, 1.82) is 0 Å². The van der Waals surface area contributed by atoms with Gasteiger partial charge in [0.15, 0.2) is 0 Å². The molecule has 0 unspecified atom stereocenters. The van der Waals surface area contributed by atoms with Gasteiger partial charge in [0, 0.05) is 5.56 Å². The van der Waals surface area contributed by atoms with Crippen LogP contribution in [0.1, 0.15) is 33.5 Å². The number of carbonyl (C=O) groups excluding carboxylic acids is 1. The first-order chi connectivity index (χ1) is 9.29. The van der Waals surface area contributed by atoms with Gasteiger partial charge in [-0.1, -0.05) is 12.1 Å². The number of methoxy groups -OCH3 is 1. The fourth-order valence-corrected chi connectivity index (χ4v) is 2.46. The third kappa shape index (κ3) is 2.08. The molecule has 0 atom stereocenters. The summed E-state index contributed by atoms with van der Waals surface area (Å²) in [6.07, 6.45) is 7.58. The molecule has 0 fully saturated rings. The zero-order valence-electron chi connectivity index (χ0n) is 10.7. The van der Waals surface area contributed by atoms with E-state index in [-0.39, 0.29) is 5.97 Å². The van der Waals surface area contributed by atoms with Crippen LogP contribution in [0.15, 0.2) is 47.3 Å². The van der Waals surface area contributed by atoms with E-state index in [1.54, 1.807) is 12.5 Å². The van der Waals surface area contributed by atoms with Crippen LogP contribution in [0.5, 0.6) is 0 Å². The maximum absolute atomic E-state index is 11.6. The Morgan fingerprint density at radius 1 is 1.32 bits per heavy atom. The minimum Gasteiger partial charge on any atom is -0.472 e. The van der Waals surface area contributed by atoms with Crippen LogP contribution in [0.2, 0.25) is 0 Å². The average molecular weight is 254 g/mol. The fraction of sp³-hybridized carbons (Fsp3) is 0.188. The molecule has 0 saturated heterocycles. The summed E-state index contributed by atoms with van der Waals surface area (Å²) in [6, 6.07) is 7.67. The Labute approximate surface area is 111 Å². The standard InChI is InChI=1S/C16H14O3/c1-18-16(17)12-6-5-11-3-2-4-14(15(11)9-12)13-7-8-19-10-13/h4-10H,2-3H2,1H3. The molecule has 96 valence electrons. The van der Waals surface area contributed by atoms with Crippen molar-refractivity contribution in [3.63, 3.8) is 0 Å². The smallest absolute Gasteiger partial charge is 0.337 e. The molecule has 3 rings (SSSR count). The molecule has 1 aliphatic carbocycles. The Balaban J connectivity index is 2.09. The Bertz CT molecular complexity index is 636. The van der Waals surface area contributed by atoms with E-state index in [1.807, 2.05) is 24.3 Å². The monoisotopic (exact) mass is 254 g/mol. The van der Waals surface area contributed by atoms with Crippen LogP contribution in [-0.2, 0) is 11.2 Å². The summed E-state index contributed by atoms with van der Waals surface area (Å²) in [5.74, 6) is -0.306. The van der Waals surface area contributed by atoms with E-state index in [0.29, 0.717) is 5.56 Å². The number of fused-ring (bicyclic) bond motifs is 1. The molecule has 3 nitrogen and oxygen atoms in total. The lowest BCUT2D eigenvalue weighted by atomic mass is 9.87. The lowest BCUT2D eigenvalue weighted by Gasteiger charge is -2.17. The summed E-state index contributed by atoms with van der Waals surface area (Å²) in [4.78, 5) is 11.6. The van der Waals surface area contributed by atoms with E-state index in [2.05, 4.69) is 6.08 Å². The van der Waals surface area contributed by atoms with Crippen LogP contribution in [0.4, 0.5) is 0 Å². The van der Waals surface area contributed by atoms with Gasteiger partial charge in [-0.05, 0) is 47.7 Å². The van der Waals surface area contributed by atoms with Crippen molar-refractivity contribution < 1.29 is 13.9 Å². The molecule has 1 aromatic carbocycles. The second-order valence-corrected chi connectivity index (χ2v) is 4.53. The largest absolute Gasteiger partial charge is 0.472 e. The lowest BCUT2D eigenvalue weighted by molar-refractivity contribution is 0.0600. The molecule has 1 aromatic heterocycles. The predicted octanol–water partition coefficient (Wildman–Crippen LogP) is 3.44. The molecule has 1 heterocycles. The highest BCUT2D eigenvalue weighted by atomic mass is 16.5. The van der Waals surface area contributed by atoms with E-state index in [0.717, 1.165) is 29.5 Å². The van der Waals surface area contributed by atoms with Crippen LogP contribution in [0, 0.1) is 0 Å². The molecule has 0 spiro atoms. The maximum Gasteiger partial charge on any atom is 0.337 e. The summed E-state index contributed by atoms with van der Waals surface area (Å²) < 4.78 is 9.93. The van der Waals surface area contributed by atoms with E-state index in [4.69, 9.17) is 9.15 Å². The number of furan rings is 1. The van der Waals surface area contributed by atoms with Gasteiger partial charge in [-0.25, -0.2) is 4.79 Å². The van der Waals surface area contributed by atoms with Crippen molar-refractivity contribution in [2.75, 3.05) is 7.11 Å². The topological polar surface area (TPSA) is 39.4 Å². The molecule has 0 bridgehead atoms. The summed E-state index contributed by atoms with van der Waals surface area (Å²) in [6.45, 7) is 0. The van der Waals surface area contributed by atoms with Crippen LogP contribution in [-0.4, -0.2) is 13.1 Å². The Morgan fingerprint density at radius 3 is 2.95 bits per heavy atom. The van der Waals surface area contributed by atoms with Crippen molar-refractivity contribution in [2.45, 2.75) is 12.8 Å². The zero-order valence-corrected chi connectivity index (χ0v) is 10.7. The number of allylic oxidation sites excluding steroid dienone is 1. The first kappa shape index (κ1) is 11.8. The van der Waals surface area contributed by atoms with Crippen LogP contribution < -0.4 is 0 Å². The lowest BCUT2D eigenvalue weighted by Crippen LogP contribution is -2.06. The summed E-state index contributed by atoms with van der Waals surface area (Å²) >= 11 is 0. The molecule has 3 heteroatoms. The van der Waals surface area contributed by atoms with Gasteiger partial charge in [0.25, 0.3) is 0 Å². The third-order valence-corrected chi connectivity index (χ3v) is 3.42. The Hall–Kier alpha value is -2.29. The Kier molecular flexibility index (Phi) is 2.95. The molecule has 0 aliphatic heterocycles. The molecule has 0 amide bonds. The van der Waals surface area contributed by atoms with Gasteiger partial charge in [-0.2, -0.15) is 0 Å². The Morgan fingerprint density at radius 2 is 2.21 bits per heavy atom. The van der Waals surface area contributed by atoms with Gasteiger partial charge in [-0.15, -0.1) is 0 Å². The number of ether oxygens (including phenoxy) is 1. The summed E-state index contributed by atoms with van der Waals surface area (Å²) in [7, 11) is 1.40. The van der Waals surface area contributed by atoms with Gasteiger partial charge in [0.1, 0.15) is 0 Å². The van der Waals surface area contributed by atoms with Gasteiger partial charge < -0.3 is 9.15 Å². The van der Waals surface area contributed by atoms with E-state index >= 15 is 0 Å². The highest BCUT2D eigenvalue weighted by Gasteiger charge is 2.17. The van der Waals surface area contributed by atoms with Crippen LogP contribution >= 0.6 is 0 Å². The minimum absolute atomic E-state index is 0.306. The highest BCUT2D eigenvalue weighted by molar-refractivity contribution is 5.92. The third-order valence-electron chi connectivity index (χ3n) is 3.42. The molecule has 0 saturated carbocycles. The molecule has 0 N–H and O–H groups in total. The molecule has 2 aromatic rings. The van der Waals surface area contributed by atoms with E-state index in [1.165, 1.54) is 12.7 Å². The fourth-order valence-electron chi connectivity index (χ4n) is 2.46. The normalized spacial score (nSPS) is 13.6. The molecule has 1 aliphatic rings. The van der Waals surface area contributed by atoms with Gasteiger partial charge in [0.05, 0.1) is 25.2 Å². The van der Waals surface area contributed by atoms with Gasteiger partial charge >= 0.3 is 5.97 Å². The van der Waals surface area contributed by atoms with Crippen molar-refractivity contribution in [1.82, 2.24) is 0 Å². The van der Waals surface area contributed by atoms with Crippen molar-refractivity contribution in [3.05, 3.63) is 65.1 Å². The van der Waals surface area contributed by atoms with E-state index < -0.39 is 0 Å². The number of benzene rings is 1. The molecular formula is C16H14O3. The molecular weight excluding hydrogens is 240 g/mol. The first-order valence-electron chi connectivity index (χ1n) is 6.24. The highest BCUT2D eigenvalue weighted by Crippen LogP contribution is 2.32. The van der Waals surface area contributed by atoms with Crippen molar-refractivity contribution in [3.8, 4) is 0 Å². The van der Waals surface area contributed by atoms with Crippen LogP contribution in [0.25, 0.3) is 5.57 Å². The van der Waals surface area contributed by atoms with E-state index in [9.17, 15) is 4.79 Å². The van der Waals surface area contributed by atoms with Gasteiger partial charge in [-0.3, -0.25) is 0 Å². The number of aryl methyl sites for hydroxylation is 1.